The van der Waals surface area contributed by atoms with Crippen molar-refractivity contribution in [2.75, 3.05) is 11.4 Å². The number of aromatic nitrogens is 2. The quantitative estimate of drug-likeness (QED) is 0.371. The lowest BCUT2D eigenvalue weighted by Gasteiger charge is -2.50. The van der Waals surface area contributed by atoms with Gasteiger partial charge in [0.1, 0.15) is 0 Å². The third-order valence-electron chi connectivity index (χ3n) is 8.39. The van der Waals surface area contributed by atoms with Gasteiger partial charge in [-0.3, -0.25) is 0 Å². The molecule has 12 heteroatoms. The second kappa shape index (κ2) is 9.15. The van der Waals surface area contributed by atoms with E-state index in [1.807, 2.05) is 0 Å². The van der Waals surface area contributed by atoms with Crippen LogP contribution in [0.3, 0.4) is 0 Å². The van der Waals surface area contributed by atoms with Gasteiger partial charge in [-0.05, 0) is 79.0 Å². The zero-order valence-electron chi connectivity index (χ0n) is 20.2. The molecule has 0 spiro atoms. The fourth-order valence-electron chi connectivity index (χ4n) is 6.55. The Morgan fingerprint density at radius 2 is 1.89 bits per heavy atom. The largest absolute Gasteiger partial charge is 0.416 e. The molecule has 3 saturated carbocycles. The molecule has 202 valence electrons. The van der Waals surface area contributed by atoms with Crippen molar-refractivity contribution in [1.29, 1.82) is 0 Å². The lowest BCUT2D eigenvalue weighted by molar-refractivity contribution is -0.137. The summed E-state index contributed by atoms with van der Waals surface area (Å²) in [6.07, 6.45) is 2.68. The Balaban J connectivity index is 1.50. The van der Waals surface area contributed by atoms with Crippen LogP contribution in [-0.2, 0) is 29.3 Å². The van der Waals surface area contributed by atoms with Crippen LogP contribution in [-0.4, -0.2) is 35.3 Å². The van der Waals surface area contributed by atoms with Crippen LogP contribution in [0.5, 0.6) is 0 Å². The van der Waals surface area contributed by atoms with Crippen molar-refractivity contribution in [3.05, 3.63) is 75.8 Å². The van der Waals surface area contributed by atoms with E-state index in [1.54, 1.807) is 12.5 Å². The molecule has 7 rings (SSSR count). The summed E-state index contributed by atoms with van der Waals surface area (Å²) in [7, 11) is -4.11. The molecule has 38 heavy (non-hydrogen) atoms. The normalized spacial score (nSPS) is 25.7. The van der Waals surface area contributed by atoms with Crippen LogP contribution in [0.15, 0.2) is 53.8 Å². The number of aromatic amines is 1. The average molecular weight is 585 g/mol. The standard InChI is InChI=1S/C26H25Cl2F3N4O2S/c27-21-3-2-20(8-22(21)28)38(36,37)34-12-17-7-18(26(29,30)31)1-4-23(17)35(13-19-11-32-15-33-19)24(14-34)25-6-5-16(9-25)10-25/h1-4,7-8,11,15-16,24H,5-6,9-10,12-14H2,(H,32,33)/t16?,24-,25?/m0/s1. The number of halogens is 5. The molecule has 1 atom stereocenters. The van der Waals surface area contributed by atoms with Crippen LogP contribution in [0.25, 0.3) is 0 Å². The maximum absolute atomic E-state index is 14.0. The molecule has 0 saturated heterocycles. The minimum Gasteiger partial charge on any atom is -0.361 e. The predicted molar refractivity (Wildman–Crippen MR) is 138 cm³/mol. The molecule has 0 unspecified atom stereocenters. The Hall–Kier alpha value is -2.27. The van der Waals surface area contributed by atoms with Gasteiger partial charge in [0, 0.05) is 31.0 Å². The van der Waals surface area contributed by atoms with Gasteiger partial charge in [-0.15, -0.1) is 0 Å². The SMILES string of the molecule is O=S(=O)(c1ccc(Cl)c(Cl)c1)N1Cc2cc(C(F)(F)F)ccc2N(Cc2cnc[nH]2)[C@H](C23CCC(C2)C3)C1. The number of H-pyrrole nitrogens is 1. The van der Waals surface area contributed by atoms with E-state index in [9.17, 15) is 21.6 Å². The Bertz CT molecular complexity index is 1470. The number of hydrogen-bond acceptors (Lipinski definition) is 4. The topological polar surface area (TPSA) is 69.3 Å². The maximum atomic E-state index is 14.0. The summed E-state index contributed by atoms with van der Waals surface area (Å²) in [5.74, 6) is 0.611. The van der Waals surface area contributed by atoms with E-state index in [4.69, 9.17) is 23.2 Å². The Labute approximate surface area is 228 Å². The molecule has 2 heterocycles. The van der Waals surface area contributed by atoms with E-state index >= 15 is 0 Å². The fraction of sp³-hybridized carbons (Fsp3) is 0.423. The highest BCUT2D eigenvalue weighted by molar-refractivity contribution is 7.89. The molecule has 1 aliphatic heterocycles. The summed E-state index contributed by atoms with van der Waals surface area (Å²) < 4.78 is 70.5. The number of nitrogens with zero attached hydrogens (tertiary/aromatic N) is 3. The zero-order valence-corrected chi connectivity index (χ0v) is 22.5. The summed E-state index contributed by atoms with van der Waals surface area (Å²) in [5, 5.41) is 0.312. The van der Waals surface area contributed by atoms with Crippen molar-refractivity contribution in [3.63, 3.8) is 0 Å². The second-order valence-corrected chi connectivity index (χ2v) is 13.4. The molecule has 4 aliphatic rings. The number of fused-ring (bicyclic) bond motifs is 2. The molecule has 1 aromatic heterocycles. The summed E-state index contributed by atoms with van der Waals surface area (Å²) in [5.41, 5.74) is 0.781. The number of hydrogen-bond donors (Lipinski definition) is 1. The lowest BCUT2D eigenvalue weighted by atomic mass is 9.64. The van der Waals surface area contributed by atoms with Crippen molar-refractivity contribution >= 4 is 38.9 Å². The van der Waals surface area contributed by atoms with Crippen LogP contribution >= 0.6 is 23.2 Å². The molecule has 1 N–H and O–H groups in total. The van der Waals surface area contributed by atoms with Gasteiger partial charge in [-0.25, -0.2) is 13.4 Å². The van der Waals surface area contributed by atoms with E-state index in [0.717, 1.165) is 43.5 Å². The van der Waals surface area contributed by atoms with Crippen molar-refractivity contribution in [2.24, 2.45) is 11.3 Å². The van der Waals surface area contributed by atoms with Crippen molar-refractivity contribution < 1.29 is 21.6 Å². The number of alkyl halides is 3. The predicted octanol–water partition coefficient (Wildman–Crippen LogP) is 6.51. The van der Waals surface area contributed by atoms with Crippen molar-refractivity contribution in [1.82, 2.24) is 14.3 Å². The van der Waals surface area contributed by atoms with E-state index < -0.39 is 21.8 Å². The number of sulfonamides is 1. The molecule has 3 aliphatic carbocycles. The molecule has 2 aromatic carbocycles. The number of rotatable bonds is 5. The van der Waals surface area contributed by atoms with E-state index in [2.05, 4.69) is 14.9 Å². The molecule has 3 aromatic rings. The molecule has 3 fully saturated rings. The number of imidazole rings is 1. The molecule has 6 nitrogen and oxygen atoms in total. The van der Waals surface area contributed by atoms with Gasteiger partial charge in [-0.2, -0.15) is 17.5 Å². The van der Waals surface area contributed by atoms with Crippen LogP contribution in [0.2, 0.25) is 10.0 Å². The monoisotopic (exact) mass is 584 g/mol. The van der Waals surface area contributed by atoms with Crippen LogP contribution in [0, 0.1) is 11.3 Å². The highest BCUT2D eigenvalue weighted by atomic mass is 35.5. The number of anilines is 1. The minimum atomic E-state index is -4.56. The fourth-order valence-corrected chi connectivity index (χ4v) is 8.37. The average Bonchev–Trinajstić information content (AvgIpc) is 3.57. The first-order chi connectivity index (χ1) is 18.0. The van der Waals surface area contributed by atoms with E-state index in [0.29, 0.717) is 23.7 Å². The molecule has 0 amide bonds. The molecular formula is C26H25Cl2F3N4O2S. The summed E-state index contributed by atoms with van der Waals surface area (Å²) in [4.78, 5) is 9.25. The summed E-state index contributed by atoms with van der Waals surface area (Å²) in [6, 6.07) is 7.49. The summed E-state index contributed by atoms with van der Waals surface area (Å²) >= 11 is 12.2. The van der Waals surface area contributed by atoms with Gasteiger partial charge in [0.25, 0.3) is 0 Å². The van der Waals surface area contributed by atoms with Gasteiger partial charge >= 0.3 is 6.18 Å². The zero-order chi connectivity index (χ0) is 26.9. The first-order valence-corrected chi connectivity index (χ1v) is 14.6. The van der Waals surface area contributed by atoms with Gasteiger partial charge < -0.3 is 9.88 Å². The lowest BCUT2D eigenvalue weighted by Crippen LogP contribution is -2.55. The molecular weight excluding hydrogens is 560 g/mol. The van der Waals surface area contributed by atoms with Crippen molar-refractivity contribution in [3.8, 4) is 0 Å². The first kappa shape index (κ1) is 26.0. The van der Waals surface area contributed by atoms with Crippen LogP contribution in [0.4, 0.5) is 18.9 Å². The maximum Gasteiger partial charge on any atom is 0.416 e. The summed E-state index contributed by atoms with van der Waals surface area (Å²) in [6.45, 7) is 0.312. The van der Waals surface area contributed by atoms with Gasteiger partial charge in [0.15, 0.2) is 0 Å². The van der Waals surface area contributed by atoms with Gasteiger partial charge in [-0.1, -0.05) is 23.2 Å². The highest BCUT2D eigenvalue weighted by Crippen LogP contribution is 2.62. The third-order valence-corrected chi connectivity index (χ3v) is 10.9. The Morgan fingerprint density at radius 3 is 2.53 bits per heavy atom. The first-order valence-electron chi connectivity index (χ1n) is 12.4. The molecule has 0 radical (unpaired) electrons. The van der Waals surface area contributed by atoms with Crippen LogP contribution in [0.1, 0.15) is 42.5 Å². The van der Waals surface area contributed by atoms with Crippen molar-refractivity contribution in [2.45, 2.75) is 55.9 Å². The van der Waals surface area contributed by atoms with E-state index in [1.165, 1.54) is 28.6 Å². The van der Waals surface area contributed by atoms with Gasteiger partial charge in [0.2, 0.25) is 10.0 Å². The number of nitrogens with one attached hydrogen (secondary N) is 1. The third kappa shape index (κ3) is 4.39. The van der Waals surface area contributed by atoms with E-state index in [-0.39, 0.29) is 39.5 Å². The smallest absolute Gasteiger partial charge is 0.361 e. The Morgan fingerprint density at radius 1 is 1.11 bits per heavy atom. The van der Waals surface area contributed by atoms with Gasteiger partial charge in [0.05, 0.1) is 39.1 Å². The highest BCUT2D eigenvalue weighted by Gasteiger charge is 2.57. The minimum absolute atomic E-state index is 0.0448. The second-order valence-electron chi connectivity index (χ2n) is 10.6. The van der Waals surface area contributed by atoms with Crippen LogP contribution < -0.4 is 4.90 Å². The molecule has 2 bridgehead atoms. The Kier molecular flexibility index (Phi) is 6.25. The number of benzene rings is 2.